The van der Waals surface area contributed by atoms with Gasteiger partial charge in [-0.3, -0.25) is 9.36 Å². The first-order chi connectivity index (χ1) is 12.1. The van der Waals surface area contributed by atoms with Crippen LogP contribution in [0.3, 0.4) is 0 Å². The second-order valence-corrected chi connectivity index (χ2v) is 7.11. The Morgan fingerprint density at radius 3 is 2.76 bits per heavy atom. The lowest BCUT2D eigenvalue weighted by Crippen LogP contribution is -2.25. The fourth-order valence-electron chi connectivity index (χ4n) is 3.20. The maximum atomic E-state index is 13.2. The van der Waals surface area contributed by atoms with Crippen molar-refractivity contribution in [1.82, 2.24) is 9.55 Å². The van der Waals surface area contributed by atoms with E-state index in [9.17, 15) is 4.79 Å². The van der Waals surface area contributed by atoms with Gasteiger partial charge < -0.3 is 0 Å². The van der Waals surface area contributed by atoms with Gasteiger partial charge in [-0.1, -0.05) is 30.7 Å². The number of hydrogen-bond acceptors (Lipinski definition) is 4. The lowest BCUT2D eigenvalue weighted by Gasteiger charge is -2.11. The van der Waals surface area contributed by atoms with Crippen LogP contribution in [0.4, 0.5) is 0 Å². The van der Waals surface area contributed by atoms with Gasteiger partial charge in [0.2, 0.25) is 0 Å². The fraction of sp³-hybridized carbons (Fsp3) is 0.350. The Bertz CT molecular complexity index is 1020. The number of nitriles is 1. The zero-order valence-corrected chi connectivity index (χ0v) is 15.6. The molecule has 0 bridgehead atoms. The van der Waals surface area contributed by atoms with Gasteiger partial charge in [0.1, 0.15) is 10.7 Å². The predicted molar refractivity (Wildman–Crippen MR) is 103 cm³/mol. The minimum atomic E-state index is 0.0102. The Labute approximate surface area is 151 Å². The Morgan fingerprint density at radius 2 is 2.08 bits per heavy atom. The van der Waals surface area contributed by atoms with Crippen molar-refractivity contribution in [2.75, 3.05) is 0 Å². The van der Waals surface area contributed by atoms with E-state index in [0.29, 0.717) is 31.2 Å². The van der Waals surface area contributed by atoms with Crippen LogP contribution in [0.2, 0.25) is 0 Å². The molecule has 0 unspecified atom stereocenters. The van der Waals surface area contributed by atoms with Crippen molar-refractivity contribution in [1.29, 1.82) is 5.26 Å². The Hall–Kier alpha value is -2.45. The van der Waals surface area contributed by atoms with Crippen LogP contribution in [-0.4, -0.2) is 9.55 Å². The molecule has 0 fully saturated rings. The predicted octanol–water partition coefficient (Wildman–Crippen LogP) is 4.61. The number of thiophene rings is 1. The highest BCUT2D eigenvalue weighted by Gasteiger charge is 2.17. The number of hydrogen-bond donors (Lipinski definition) is 0. The van der Waals surface area contributed by atoms with Gasteiger partial charge in [0.25, 0.3) is 5.56 Å². The largest absolute Gasteiger partial charge is 0.296 e. The monoisotopic (exact) mass is 351 g/mol. The summed E-state index contributed by atoms with van der Waals surface area (Å²) >= 11 is 1.53. The van der Waals surface area contributed by atoms with Crippen LogP contribution in [0.15, 0.2) is 28.4 Å². The number of rotatable bonds is 5. The second-order valence-electron chi connectivity index (χ2n) is 6.25. The fourth-order valence-corrected chi connectivity index (χ4v) is 4.14. The summed E-state index contributed by atoms with van der Waals surface area (Å²) in [5.41, 5.74) is 4.43. The Balaban J connectivity index is 2.21. The summed E-state index contributed by atoms with van der Waals surface area (Å²) in [7, 11) is 0. The van der Waals surface area contributed by atoms with Gasteiger partial charge in [-0.15, -0.1) is 11.3 Å². The van der Waals surface area contributed by atoms with Crippen LogP contribution in [0.1, 0.15) is 36.7 Å². The van der Waals surface area contributed by atoms with Crippen molar-refractivity contribution < 1.29 is 0 Å². The van der Waals surface area contributed by atoms with Crippen LogP contribution in [0.25, 0.3) is 21.3 Å². The first kappa shape index (κ1) is 17.4. The smallest absolute Gasteiger partial charge is 0.262 e. The maximum Gasteiger partial charge on any atom is 0.262 e. The van der Waals surface area contributed by atoms with E-state index in [2.05, 4.69) is 38.1 Å². The van der Waals surface area contributed by atoms with E-state index in [0.717, 1.165) is 27.3 Å². The maximum absolute atomic E-state index is 13.2. The molecule has 4 nitrogen and oxygen atoms in total. The van der Waals surface area contributed by atoms with Gasteiger partial charge >= 0.3 is 0 Å². The summed E-state index contributed by atoms with van der Waals surface area (Å²) in [5.74, 6) is 0.796. The molecule has 0 N–H and O–H groups in total. The molecular weight excluding hydrogens is 330 g/mol. The normalized spacial score (nSPS) is 11.0. The van der Waals surface area contributed by atoms with E-state index in [1.807, 2.05) is 12.3 Å². The SMILES string of the molecule is CCc1nc2scc(-c3ccc(C)cc3C)c2c(=O)n1CCCC#N. The zero-order valence-electron chi connectivity index (χ0n) is 14.8. The second kappa shape index (κ2) is 7.20. The first-order valence-corrected chi connectivity index (χ1v) is 9.40. The molecule has 25 heavy (non-hydrogen) atoms. The lowest BCUT2D eigenvalue weighted by molar-refractivity contribution is 0.594. The van der Waals surface area contributed by atoms with Crippen LogP contribution >= 0.6 is 11.3 Å². The highest BCUT2D eigenvalue weighted by Crippen LogP contribution is 2.33. The van der Waals surface area contributed by atoms with Crippen molar-refractivity contribution in [3.63, 3.8) is 0 Å². The third-order valence-corrected chi connectivity index (χ3v) is 5.30. The third-order valence-electron chi connectivity index (χ3n) is 4.43. The molecule has 0 saturated carbocycles. The molecule has 0 spiro atoms. The summed E-state index contributed by atoms with van der Waals surface area (Å²) < 4.78 is 1.75. The van der Waals surface area contributed by atoms with Crippen molar-refractivity contribution in [3.05, 3.63) is 50.9 Å². The van der Waals surface area contributed by atoms with Gasteiger partial charge in [0.05, 0.1) is 11.5 Å². The molecule has 3 aromatic rings. The average Bonchev–Trinajstić information content (AvgIpc) is 3.00. The van der Waals surface area contributed by atoms with Gasteiger partial charge in [-0.2, -0.15) is 5.26 Å². The van der Waals surface area contributed by atoms with E-state index >= 15 is 0 Å². The minimum absolute atomic E-state index is 0.0102. The van der Waals surface area contributed by atoms with Gasteiger partial charge in [0.15, 0.2) is 0 Å². The Morgan fingerprint density at radius 1 is 1.28 bits per heavy atom. The van der Waals surface area contributed by atoms with Crippen molar-refractivity contribution in [3.8, 4) is 17.2 Å². The van der Waals surface area contributed by atoms with Crippen molar-refractivity contribution in [2.45, 2.75) is 46.6 Å². The molecule has 0 radical (unpaired) electrons. The molecule has 3 rings (SSSR count). The van der Waals surface area contributed by atoms with E-state index < -0.39 is 0 Å². The molecule has 2 heterocycles. The average molecular weight is 351 g/mol. The van der Waals surface area contributed by atoms with Gasteiger partial charge in [-0.05, 0) is 31.4 Å². The number of fused-ring (bicyclic) bond motifs is 1. The molecule has 0 amide bonds. The van der Waals surface area contributed by atoms with Crippen LogP contribution in [-0.2, 0) is 13.0 Å². The van der Waals surface area contributed by atoms with Crippen LogP contribution in [0.5, 0.6) is 0 Å². The quantitative estimate of drug-likeness (QED) is 0.631. The zero-order chi connectivity index (χ0) is 18.0. The minimum Gasteiger partial charge on any atom is -0.296 e. The number of unbranched alkanes of at least 4 members (excludes halogenated alkanes) is 1. The molecule has 0 atom stereocenters. The summed E-state index contributed by atoms with van der Waals surface area (Å²) in [6, 6.07) is 8.44. The molecular formula is C20H21N3OS. The lowest BCUT2D eigenvalue weighted by atomic mass is 9.99. The topological polar surface area (TPSA) is 58.7 Å². The number of aryl methyl sites for hydroxylation is 3. The third kappa shape index (κ3) is 3.22. The number of nitrogens with zero attached hydrogens (tertiary/aromatic N) is 3. The number of benzene rings is 1. The molecule has 0 aliphatic rings. The van der Waals surface area contributed by atoms with E-state index in [1.165, 1.54) is 16.9 Å². The molecule has 128 valence electrons. The summed E-state index contributed by atoms with van der Waals surface area (Å²) in [4.78, 5) is 18.7. The molecule has 0 aliphatic heterocycles. The van der Waals surface area contributed by atoms with Crippen LogP contribution in [0, 0.1) is 25.2 Å². The van der Waals surface area contributed by atoms with E-state index in [4.69, 9.17) is 10.2 Å². The summed E-state index contributed by atoms with van der Waals surface area (Å²) in [6.07, 6.45) is 1.81. The first-order valence-electron chi connectivity index (χ1n) is 8.52. The van der Waals surface area contributed by atoms with Crippen molar-refractivity contribution >= 4 is 21.6 Å². The standard InChI is InChI=1S/C20H21N3OS/c1-4-17-22-19-18(20(24)23(17)10-6-5-9-21)16(12-25-19)15-8-7-13(2)11-14(15)3/h7-8,11-12H,4-6,10H2,1-3H3. The highest BCUT2D eigenvalue weighted by molar-refractivity contribution is 7.17. The van der Waals surface area contributed by atoms with Gasteiger partial charge in [0, 0.05) is 30.3 Å². The summed E-state index contributed by atoms with van der Waals surface area (Å²) in [6.45, 7) is 6.69. The molecule has 5 heteroatoms. The van der Waals surface area contributed by atoms with Crippen LogP contribution < -0.4 is 5.56 Å². The van der Waals surface area contributed by atoms with Crippen molar-refractivity contribution in [2.24, 2.45) is 0 Å². The molecule has 0 aliphatic carbocycles. The number of aromatic nitrogens is 2. The summed E-state index contributed by atoms with van der Waals surface area (Å²) in [5, 5.41) is 11.5. The molecule has 1 aromatic carbocycles. The van der Waals surface area contributed by atoms with Gasteiger partial charge in [-0.25, -0.2) is 4.98 Å². The van der Waals surface area contributed by atoms with E-state index in [1.54, 1.807) is 4.57 Å². The molecule has 0 saturated heterocycles. The molecule has 2 aromatic heterocycles. The highest BCUT2D eigenvalue weighted by atomic mass is 32.1. The van der Waals surface area contributed by atoms with E-state index in [-0.39, 0.29) is 5.56 Å². The Kier molecular flexibility index (Phi) is 5.00.